The maximum atomic E-state index is 12.6. The van der Waals surface area contributed by atoms with Gasteiger partial charge in [-0.25, -0.2) is 4.79 Å². The number of thiophene rings is 1. The summed E-state index contributed by atoms with van der Waals surface area (Å²) >= 11 is 1.58. The first kappa shape index (κ1) is 14.8. The fourth-order valence-electron chi connectivity index (χ4n) is 2.84. The molecule has 0 aliphatic carbocycles. The Morgan fingerprint density at radius 3 is 2.59 bits per heavy atom. The number of carboxylic acids is 1. The van der Waals surface area contributed by atoms with Gasteiger partial charge in [0.25, 0.3) is 0 Å². The van der Waals surface area contributed by atoms with Crippen molar-refractivity contribution in [1.29, 1.82) is 0 Å². The number of carbonyl (C=O) groups excluding carboxylic acids is 1. The first-order valence-corrected chi connectivity index (χ1v) is 8.00. The van der Waals surface area contributed by atoms with Crippen LogP contribution >= 0.6 is 11.3 Å². The summed E-state index contributed by atoms with van der Waals surface area (Å²) in [6.45, 7) is 2.37. The summed E-state index contributed by atoms with van der Waals surface area (Å²) < 4.78 is 0. The predicted octanol–water partition coefficient (Wildman–Crippen LogP) is 2.64. The van der Waals surface area contributed by atoms with E-state index in [2.05, 4.69) is 0 Å². The summed E-state index contributed by atoms with van der Waals surface area (Å²) in [6, 6.07) is 10.9. The Balaban J connectivity index is 1.84. The van der Waals surface area contributed by atoms with Gasteiger partial charge in [0.05, 0.1) is 6.42 Å². The van der Waals surface area contributed by atoms with E-state index in [9.17, 15) is 14.7 Å². The summed E-state index contributed by atoms with van der Waals surface area (Å²) in [6.07, 6.45) is 0.644. The molecule has 114 valence electrons. The fourth-order valence-corrected chi connectivity index (χ4v) is 3.72. The minimum Gasteiger partial charge on any atom is -0.480 e. The highest BCUT2D eigenvalue weighted by molar-refractivity contribution is 7.12. The molecule has 1 aromatic heterocycles. The maximum Gasteiger partial charge on any atom is 0.326 e. The number of aryl methyl sites for hydroxylation is 1. The van der Waals surface area contributed by atoms with Gasteiger partial charge in [0, 0.05) is 22.7 Å². The summed E-state index contributed by atoms with van der Waals surface area (Å²) in [7, 11) is 0. The lowest BCUT2D eigenvalue weighted by Gasteiger charge is -2.34. The lowest BCUT2D eigenvalue weighted by atomic mass is 9.93. The molecule has 0 spiro atoms. The van der Waals surface area contributed by atoms with Crippen molar-refractivity contribution in [3.05, 3.63) is 57.3 Å². The second-order valence-corrected chi connectivity index (χ2v) is 6.91. The molecule has 3 rings (SSSR count). The van der Waals surface area contributed by atoms with E-state index in [-0.39, 0.29) is 12.3 Å². The first-order valence-electron chi connectivity index (χ1n) is 7.19. The van der Waals surface area contributed by atoms with Crippen LogP contribution in [0.25, 0.3) is 0 Å². The third kappa shape index (κ3) is 2.90. The molecule has 4 nitrogen and oxygen atoms in total. The molecule has 1 unspecified atom stereocenters. The highest BCUT2D eigenvalue weighted by Crippen LogP contribution is 2.25. The van der Waals surface area contributed by atoms with E-state index in [1.807, 2.05) is 43.3 Å². The Kier molecular flexibility index (Phi) is 3.98. The van der Waals surface area contributed by atoms with Crippen LogP contribution in [0.3, 0.4) is 0 Å². The van der Waals surface area contributed by atoms with Crippen LogP contribution in [0.2, 0.25) is 0 Å². The van der Waals surface area contributed by atoms with Gasteiger partial charge in [-0.3, -0.25) is 4.79 Å². The summed E-state index contributed by atoms with van der Waals surface area (Å²) in [5.41, 5.74) is 2.06. The molecule has 1 atom stereocenters. The zero-order valence-electron chi connectivity index (χ0n) is 12.3. The summed E-state index contributed by atoms with van der Waals surface area (Å²) in [4.78, 5) is 27.7. The van der Waals surface area contributed by atoms with Gasteiger partial charge in [-0.2, -0.15) is 0 Å². The maximum absolute atomic E-state index is 12.6. The number of rotatable bonds is 3. The van der Waals surface area contributed by atoms with Crippen LogP contribution < -0.4 is 0 Å². The Hall–Kier alpha value is -2.14. The summed E-state index contributed by atoms with van der Waals surface area (Å²) in [5.74, 6) is -1.06. The number of nitrogens with zero attached hydrogens (tertiary/aromatic N) is 1. The second kappa shape index (κ2) is 5.93. The molecule has 1 aromatic carbocycles. The van der Waals surface area contributed by atoms with E-state index in [4.69, 9.17) is 0 Å². The van der Waals surface area contributed by atoms with Crippen molar-refractivity contribution >= 4 is 23.2 Å². The molecule has 1 aliphatic heterocycles. The SMILES string of the molecule is Cc1ccc(CC(=O)N2Cc3ccccc3CC2C(=O)O)s1. The van der Waals surface area contributed by atoms with Crippen molar-refractivity contribution < 1.29 is 14.7 Å². The van der Waals surface area contributed by atoms with Gasteiger partial charge in [-0.1, -0.05) is 24.3 Å². The van der Waals surface area contributed by atoms with Gasteiger partial charge in [0.2, 0.25) is 5.91 Å². The fraction of sp³-hybridized carbons (Fsp3) is 0.294. The number of hydrogen-bond donors (Lipinski definition) is 1. The molecule has 0 fully saturated rings. The van der Waals surface area contributed by atoms with Gasteiger partial charge < -0.3 is 10.0 Å². The average molecular weight is 315 g/mol. The van der Waals surface area contributed by atoms with Crippen molar-refractivity contribution in [3.8, 4) is 0 Å². The largest absolute Gasteiger partial charge is 0.480 e. The second-order valence-electron chi connectivity index (χ2n) is 5.54. The van der Waals surface area contributed by atoms with E-state index >= 15 is 0 Å². The monoisotopic (exact) mass is 315 g/mol. The van der Waals surface area contributed by atoms with Crippen LogP contribution in [0, 0.1) is 6.92 Å². The molecule has 1 amide bonds. The van der Waals surface area contributed by atoms with Crippen molar-refractivity contribution in [2.45, 2.75) is 32.4 Å². The van der Waals surface area contributed by atoms with Crippen LogP contribution in [-0.2, 0) is 29.0 Å². The minimum atomic E-state index is -0.940. The van der Waals surface area contributed by atoms with Crippen LogP contribution in [0.15, 0.2) is 36.4 Å². The van der Waals surface area contributed by atoms with Gasteiger partial charge in [0.15, 0.2) is 0 Å². The van der Waals surface area contributed by atoms with E-state index in [1.54, 1.807) is 11.3 Å². The van der Waals surface area contributed by atoms with Gasteiger partial charge in [-0.05, 0) is 30.2 Å². The van der Waals surface area contributed by atoms with Gasteiger partial charge >= 0.3 is 5.97 Å². The van der Waals surface area contributed by atoms with Crippen molar-refractivity contribution in [2.75, 3.05) is 0 Å². The molecule has 2 aromatic rings. The van der Waals surface area contributed by atoms with Crippen molar-refractivity contribution in [3.63, 3.8) is 0 Å². The third-order valence-corrected chi connectivity index (χ3v) is 4.98. The number of fused-ring (bicyclic) bond motifs is 1. The minimum absolute atomic E-state index is 0.122. The standard InChI is InChI=1S/C17H17NO3S/c1-11-6-7-14(22-11)9-16(19)18-10-13-5-3-2-4-12(13)8-15(18)17(20)21/h2-7,15H,8-10H2,1H3,(H,20,21). The number of aliphatic carboxylic acids is 1. The molecule has 0 saturated heterocycles. The van der Waals surface area contributed by atoms with Crippen LogP contribution in [-0.4, -0.2) is 27.9 Å². The Labute approximate surface area is 133 Å². The Morgan fingerprint density at radius 1 is 1.23 bits per heavy atom. The number of hydrogen-bond acceptors (Lipinski definition) is 3. The highest BCUT2D eigenvalue weighted by Gasteiger charge is 2.34. The smallest absolute Gasteiger partial charge is 0.326 e. The first-order chi connectivity index (χ1) is 10.5. The van der Waals surface area contributed by atoms with Crippen LogP contribution in [0.4, 0.5) is 0 Å². The van der Waals surface area contributed by atoms with E-state index in [0.717, 1.165) is 20.9 Å². The topological polar surface area (TPSA) is 57.6 Å². The molecule has 1 N–H and O–H groups in total. The van der Waals surface area contributed by atoms with Crippen molar-refractivity contribution in [1.82, 2.24) is 4.90 Å². The lowest BCUT2D eigenvalue weighted by Crippen LogP contribution is -2.49. The van der Waals surface area contributed by atoms with Gasteiger partial charge in [-0.15, -0.1) is 11.3 Å². The quantitative estimate of drug-likeness (QED) is 0.947. The Morgan fingerprint density at radius 2 is 1.95 bits per heavy atom. The highest BCUT2D eigenvalue weighted by atomic mass is 32.1. The molecular formula is C17H17NO3S. The molecule has 5 heteroatoms. The van der Waals surface area contributed by atoms with E-state index in [1.165, 1.54) is 4.90 Å². The normalized spacial score (nSPS) is 17.1. The van der Waals surface area contributed by atoms with Crippen molar-refractivity contribution in [2.24, 2.45) is 0 Å². The summed E-state index contributed by atoms with van der Waals surface area (Å²) in [5, 5.41) is 9.46. The third-order valence-electron chi connectivity index (χ3n) is 3.98. The number of benzene rings is 1. The molecule has 0 bridgehead atoms. The molecule has 2 heterocycles. The Bertz CT molecular complexity index is 722. The zero-order chi connectivity index (χ0) is 15.7. The van der Waals surface area contributed by atoms with Crippen LogP contribution in [0.1, 0.15) is 20.9 Å². The number of carbonyl (C=O) groups is 2. The zero-order valence-corrected chi connectivity index (χ0v) is 13.1. The molecule has 1 aliphatic rings. The van der Waals surface area contributed by atoms with Crippen LogP contribution in [0.5, 0.6) is 0 Å². The molecule has 0 saturated carbocycles. The van der Waals surface area contributed by atoms with Gasteiger partial charge in [0.1, 0.15) is 6.04 Å². The molecule has 22 heavy (non-hydrogen) atoms. The lowest BCUT2D eigenvalue weighted by molar-refractivity contribution is -0.151. The van der Waals surface area contributed by atoms with E-state index in [0.29, 0.717) is 13.0 Å². The number of carboxylic acid groups (broad SMARTS) is 1. The predicted molar refractivity (Wildman–Crippen MR) is 84.9 cm³/mol. The van der Waals surface area contributed by atoms with E-state index < -0.39 is 12.0 Å². The molecule has 0 radical (unpaired) electrons. The number of amides is 1. The molecular weight excluding hydrogens is 298 g/mol. The average Bonchev–Trinajstić information content (AvgIpc) is 2.90.